The van der Waals surface area contributed by atoms with Crippen molar-refractivity contribution < 1.29 is 9.90 Å². The molecule has 0 bridgehead atoms. The third kappa shape index (κ3) is 1.70. The summed E-state index contributed by atoms with van der Waals surface area (Å²) in [6.07, 6.45) is 1.85. The molecule has 2 aromatic rings. The lowest BCUT2D eigenvalue weighted by Crippen LogP contribution is -2.27. The first kappa shape index (κ1) is 11.3. The number of aliphatic hydroxyl groups is 1. The van der Waals surface area contributed by atoms with Crippen molar-refractivity contribution >= 4 is 35.2 Å². The van der Waals surface area contributed by atoms with Gasteiger partial charge in [-0.2, -0.15) is 0 Å². The molecule has 18 heavy (non-hydrogen) atoms. The Hall–Kier alpha value is -1.80. The van der Waals surface area contributed by atoms with Gasteiger partial charge in [0.2, 0.25) is 11.9 Å². The zero-order valence-corrected chi connectivity index (χ0v) is 10.2. The monoisotopic (exact) mass is 265 g/mol. The number of hydrogen-bond donors (Lipinski definition) is 3. The Morgan fingerprint density at radius 2 is 2.44 bits per heavy atom. The van der Waals surface area contributed by atoms with Gasteiger partial charge in [-0.1, -0.05) is 12.2 Å². The number of aromatic amines is 2. The molecule has 0 saturated carbocycles. The van der Waals surface area contributed by atoms with E-state index in [1.165, 1.54) is 11.2 Å². The summed E-state index contributed by atoms with van der Waals surface area (Å²) in [5, 5.41) is 9.09. The summed E-state index contributed by atoms with van der Waals surface area (Å²) in [5.74, 6) is 0.277. The average Bonchev–Trinajstić information content (AvgIpc) is 2.95. The van der Waals surface area contributed by atoms with Crippen molar-refractivity contribution in [2.75, 3.05) is 18.1 Å². The van der Waals surface area contributed by atoms with Crippen molar-refractivity contribution in [2.45, 2.75) is 6.42 Å². The van der Waals surface area contributed by atoms with Crippen LogP contribution in [0.3, 0.4) is 0 Å². The van der Waals surface area contributed by atoms with Crippen LogP contribution in [0.15, 0.2) is 6.33 Å². The summed E-state index contributed by atoms with van der Waals surface area (Å²) in [6.45, 7) is 0.442. The number of hydrogen-bond acceptors (Lipinski definition) is 5. The lowest BCUT2D eigenvalue weighted by atomic mass is 10.1. The SMILES string of the molecule is O=C1CC(CO)CN1c1nc(=S)c2[nH]cnc2[nH]1. The van der Waals surface area contributed by atoms with Gasteiger partial charge in [0.15, 0.2) is 10.3 Å². The number of aromatic nitrogens is 4. The van der Waals surface area contributed by atoms with Gasteiger partial charge in [-0.05, 0) is 0 Å². The lowest BCUT2D eigenvalue weighted by molar-refractivity contribution is -0.117. The number of nitrogens with zero attached hydrogens (tertiary/aromatic N) is 3. The number of imidazole rings is 1. The molecule has 0 radical (unpaired) electrons. The van der Waals surface area contributed by atoms with Crippen molar-refractivity contribution in [3.8, 4) is 0 Å². The fraction of sp³-hybridized carbons (Fsp3) is 0.400. The lowest BCUT2D eigenvalue weighted by Gasteiger charge is -2.14. The number of nitrogens with one attached hydrogen (secondary N) is 2. The highest BCUT2D eigenvalue weighted by molar-refractivity contribution is 7.71. The van der Waals surface area contributed by atoms with Crippen molar-refractivity contribution in [3.05, 3.63) is 11.0 Å². The van der Waals surface area contributed by atoms with Crippen LogP contribution in [0.5, 0.6) is 0 Å². The number of amides is 1. The molecular weight excluding hydrogens is 254 g/mol. The number of aliphatic hydroxyl groups excluding tert-OH is 1. The Balaban J connectivity index is 2.04. The van der Waals surface area contributed by atoms with Gasteiger partial charge in [0.05, 0.1) is 6.33 Å². The van der Waals surface area contributed by atoms with Crippen LogP contribution < -0.4 is 4.90 Å². The van der Waals surface area contributed by atoms with E-state index in [-0.39, 0.29) is 18.4 Å². The average molecular weight is 265 g/mol. The highest BCUT2D eigenvalue weighted by Crippen LogP contribution is 2.22. The number of anilines is 1. The molecule has 0 aliphatic carbocycles. The first-order valence-electron chi connectivity index (χ1n) is 5.53. The highest BCUT2D eigenvalue weighted by atomic mass is 32.1. The largest absolute Gasteiger partial charge is 0.396 e. The van der Waals surface area contributed by atoms with Gasteiger partial charge in [-0.15, -0.1) is 0 Å². The van der Waals surface area contributed by atoms with E-state index in [0.29, 0.717) is 34.7 Å². The van der Waals surface area contributed by atoms with Crippen LogP contribution in [0.25, 0.3) is 11.2 Å². The van der Waals surface area contributed by atoms with E-state index in [4.69, 9.17) is 17.3 Å². The van der Waals surface area contributed by atoms with Crippen LogP contribution in [0.2, 0.25) is 0 Å². The van der Waals surface area contributed by atoms with Crippen LogP contribution in [0.4, 0.5) is 5.95 Å². The van der Waals surface area contributed by atoms with E-state index in [1.54, 1.807) is 0 Å². The fourth-order valence-electron chi connectivity index (χ4n) is 2.07. The number of carbonyl (C=O) groups is 1. The minimum atomic E-state index is -0.0675. The van der Waals surface area contributed by atoms with E-state index in [2.05, 4.69) is 19.9 Å². The van der Waals surface area contributed by atoms with Crippen molar-refractivity contribution in [1.29, 1.82) is 0 Å². The summed E-state index contributed by atoms with van der Waals surface area (Å²) in [4.78, 5) is 27.4. The second kappa shape index (κ2) is 4.14. The number of fused-ring (bicyclic) bond motifs is 1. The molecule has 0 spiro atoms. The zero-order chi connectivity index (χ0) is 12.7. The van der Waals surface area contributed by atoms with Gasteiger partial charge in [-0.3, -0.25) is 9.69 Å². The summed E-state index contributed by atoms with van der Waals surface area (Å²) in [7, 11) is 0. The van der Waals surface area contributed by atoms with Crippen molar-refractivity contribution in [2.24, 2.45) is 5.92 Å². The molecule has 1 amide bonds. The van der Waals surface area contributed by atoms with Crippen LogP contribution in [-0.2, 0) is 4.79 Å². The Morgan fingerprint density at radius 1 is 1.61 bits per heavy atom. The van der Waals surface area contributed by atoms with Gasteiger partial charge < -0.3 is 15.1 Å². The smallest absolute Gasteiger partial charge is 0.229 e. The molecule has 94 valence electrons. The predicted octanol–water partition coefficient (Wildman–Crippen LogP) is 0.361. The Labute approximate surface area is 107 Å². The van der Waals surface area contributed by atoms with Crippen LogP contribution >= 0.6 is 12.2 Å². The van der Waals surface area contributed by atoms with Gasteiger partial charge >= 0.3 is 0 Å². The third-order valence-electron chi connectivity index (χ3n) is 3.01. The molecule has 0 aromatic carbocycles. The van der Waals surface area contributed by atoms with Crippen LogP contribution in [0.1, 0.15) is 6.42 Å². The summed E-state index contributed by atoms with van der Waals surface area (Å²) < 4.78 is 0.372. The van der Waals surface area contributed by atoms with Gasteiger partial charge in [-0.25, -0.2) is 9.97 Å². The van der Waals surface area contributed by atoms with Crippen LogP contribution in [-0.4, -0.2) is 44.1 Å². The molecule has 3 heterocycles. The molecule has 1 aliphatic rings. The first-order chi connectivity index (χ1) is 8.69. The molecule has 2 aromatic heterocycles. The Kier molecular flexibility index (Phi) is 2.60. The van der Waals surface area contributed by atoms with Gasteiger partial charge in [0.25, 0.3) is 0 Å². The van der Waals surface area contributed by atoms with E-state index in [0.717, 1.165) is 0 Å². The maximum atomic E-state index is 11.8. The quantitative estimate of drug-likeness (QED) is 0.681. The zero-order valence-electron chi connectivity index (χ0n) is 9.38. The predicted molar refractivity (Wildman–Crippen MR) is 66.6 cm³/mol. The van der Waals surface area contributed by atoms with Crippen LogP contribution in [0, 0.1) is 10.6 Å². The number of carbonyl (C=O) groups excluding carboxylic acids is 1. The molecule has 7 nitrogen and oxygen atoms in total. The second-order valence-electron chi connectivity index (χ2n) is 4.25. The molecule has 3 N–H and O–H groups in total. The van der Waals surface area contributed by atoms with Gasteiger partial charge in [0.1, 0.15) is 5.52 Å². The topological polar surface area (TPSA) is 97.9 Å². The van der Waals surface area contributed by atoms with E-state index < -0.39 is 0 Å². The van der Waals surface area contributed by atoms with E-state index in [9.17, 15) is 4.79 Å². The fourth-order valence-corrected chi connectivity index (χ4v) is 2.32. The van der Waals surface area contributed by atoms with Gasteiger partial charge in [0, 0.05) is 25.5 Å². The second-order valence-corrected chi connectivity index (χ2v) is 4.64. The molecule has 1 aliphatic heterocycles. The molecule has 1 saturated heterocycles. The first-order valence-corrected chi connectivity index (χ1v) is 5.94. The van der Waals surface area contributed by atoms with E-state index >= 15 is 0 Å². The summed E-state index contributed by atoms with van der Waals surface area (Å²) in [5.41, 5.74) is 1.23. The van der Waals surface area contributed by atoms with Crippen molar-refractivity contribution in [1.82, 2.24) is 19.9 Å². The normalized spacial score (nSPS) is 19.9. The standard InChI is InChI=1S/C10H11N5O2S/c16-3-5-1-6(17)15(2-5)10-13-8-7(9(18)14-10)11-4-12-8/h4-5,16H,1-3H2,(H2,11,12,13,14,18). The highest BCUT2D eigenvalue weighted by Gasteiger charge is 2.31. The molecule has 3 rings (SSSR count). The molecular formula is C10H11N5O2S. The minimum absolute atomic E-state index is 0.00633. The van der Waals surface area contributed by atoms with E-state index in [1.807, 2.05) is 0 Å². The minimum Gasteiger partial charge on any atom is -0.396 e. The summed E-state index contributed by atoms with van der Waals surface area (Å²) >= 11 is 5.14. The molecule has 1 atom stereocenters. The summed E-state index contributed by atoms with van der Waals surface area (Å²) in [6, 6.07) is 0. The van der Waals surface area contributed by atoms with Crippen molar-refractivity contribution in [3.63, 3.8) is 0 Å². The Morgan fingerprint density at radius 3 is 3.17 bits per heavy atom. The number of rotatable bonds is 2. The Bertz CT molecular complexity index is 664. The maximum Gasteiger partial charge on any atom is 0.229 e. The molecule has 1 fully saturated rings. The third-order valence-corrected chi connectivity index (χ3v) is 3.31. The number of H-pyrrole nitrogens is 2. The molecule has 8 heteroatoms. The molecule has 1 unspecified atom stereocenters. The maximum absolute atomic E-state index is 11.8.